The van der Waals surface area contributed by atoms with E-state index in [9.17, 15) is 0 Å². The molecule has 1 atom stereocenters. The van der Waals surface area contributed by atoms with E-state index in [2.05, 4.69) is 52.7 Å². The summed E-state index contributed by atoms with van der Waals surface area (Å²) in [5.41, 5.74) is 4.04. The minimum Gasteiger partial charge on any atom is -0.367 e. The van der Waals surface area contributed by atoms with E-state index in [4.69, 9.17) is 0 Å². The summed E-state index contributed by atoms with van der Waals surface area (Å²) >= 11 is 0. The molecule has 3 rings (SSSR count). The van der Waals surface area contributed by atoms with E-state index < -0.39 is 0 Å². The zero-order chi connectivity index (χ0) is 13.9. The summed E-state index contributed by atoms with van der Waals surface area (Å²) in [6, 6.07) is 9.18. The quantitative estimate of drug-likeness (QED) is 0.927. The predicted molar refractivity (Wildman–Crippen MR) is 81.8 cm³/mol. The molecule has 1 aliphatic rings. The van der Waals surface area contributed by atoms with E-state index in [0.717, 1.165) is 26.1 Å². The predicted octanol–water partition coefficient (Wildman–Crippen LogP) is 2.57. The van der Waals surface area contributed by atoms with Crippen LogP contribution in [0.2, 0.25) is 0 Å². The average molecular weight is 270 g/mol. The van der Waals surface area contributed by atoms with Crippen LogP contribution in [0.1, 0.15) is 30.5 Å². The molecule has 1 N–H and O–H groups in total. The van der Waals surface area contributed by atoms with Crippen LogP contribution in [-0.2, 0) is 13.1 Å². The smallest absolute Gasteiger partial charge is 0.0539 e. The molecule has 1 unspecified atom stereocenters. The van der Waals surface area contributed by atoms with E-state index in [1.54, 1.807) is 0 Å². The monoisotopic (exact) mass is 270 g/mol. The fourth-order valence-electron chi connectivity index (χ4n) is 2.98. The van der Waals surface area contributed by atoms with Gasteiger partial charge in [0.1, 0.15) is 0 Å². The molecule has 2 heterocycles. The third-order valence-corrected chi connectivity index (χ3v) is 4.07. The van der Waals surface area contributed by atoms with Crippen LogP contribution in [0.5, 0.6) is 0 Å². The van der Waals surface area contributed by atoms with Gasteiger partial charge < -0.3 is 10.2 Å². The molecule has 1 aliphatic heterocycles. The number of anilines is 1. The van der Waals surface area contributed by atoms with E-state index in [1.807, 2.05) is 17.9 Å². The van der Waals surface area contributed by atoms with Gasteiger partial charge in [-0.15, -0.1) is 0 Å². The topological polar surface area (TPSA) is 33.1 Å². The Morgan fingerprint density at radius 2 is 2.20 bits per heavy atom. The lowest BCUT2D eigenvalue weighted by Crippen LogP contribution is -2.34. The Labute approximate surface area is 120 Å². The second-order valence-electron chi connectivity index (χ2n) is 5.31. The van der Waals surface area contributed by atoms with Crippen molar-refractivity contribution < 1.29 is 0 Å². The van der Waals surface area contributed by atoms with Crippen molar-refractivity contribution >= 4 is 5.69 Å². The molecule has 2 aromatic rings. The maximum absolute atomic E-state index is 4.36. The first kappa shape index (κ1) is 13.2. The molecular weight excluding hydrogens is 248 g/mol. The van der Waals surface area contributed by atoms with E-state index >= 15 is 0 Å². The lowest BCUT2D eigenvalue weighted by atomic mass is 9.96. The SMILES string of the molecule is CCn1cc(CN2CCC(NC)c3ccccc32)cn1. The van der Waals surface area contributed by atoms with Gasteiger partial charge in [0.2, 0.25) is 0 Å². The number of aromatic nitrogens is 2. The molecule has 0 bridgehead atoms. The van der Waals surface area contributed by atoms with Gasteiger partial charge in [0.15, 0.2) is 0 Å². The minimum absolute atomic E-state index is 0.473. The fourth-order valence-corrected chi connectivity index (χ4v) is 2.98. The summed E-state index contributed by atoms with van der Waals surface area (Å²) < 4.78 is 1.99. The van der Waals surface area contributed by atoms with Gasteiger partial charge >= 0.3 is 0 Å². The largest absolute Gasteiger partial charge is 0.367 e. The number of rotatable bonds is 4. The van der Waals surface area contributed by atoms with E-state index in [1.165, 1.54) is 16.8 Å². The highest BCUT2D eigenvalue weighted by atomic mass is 15.3. The zero-order valence-corrected chi connectivity index (χ0v) is 12.2. The summed E-state index contributed by atoms with van der Waals surface area (Å²) in [4.78, 5) is 2.46. The summed E-state index contributed by atoms with van der Waals surface area (Å²) in [7, 11) is 2.04. The summed E-state index contributed by atoms with van der Waals surface area (Å²) in [6.45, 7) is 5.07. The molecule has 4 nitrogen and oxygen atoms in total. The second kappa shape index (κ2) is 5.67. The van der Waals surface area contributed by atoms with E-state index in [0.29, 0.717) is 6.04 Å². The van der Waals surface area contributed by atoms with Gasteiger partial charge in [0.25, 0.3) is 0 Å². The minimum atomic E-state index is 0.473. The van der Waals surface area contributed by atoms with Crippen LogP contribution in [0.4, 0.5) is 5.69 Å². The highest BCUT2D eigenvalue weighted by Crippen LogP contribution is 2.34. The molecule has 0 saturated heterocycles. The second-order valence-corrected chi connectivity index (χ2v) is 5.31. The molecule has 1 aromatic heterocycles. The fraction of sp³-hybridized carbons (Fsp3) is 0.438. The molecule has 0 spiro atoms. The van der Waals surface area contributed by atoms with Crippen LogP contribution < -0.4 is 10.2 Å². The highest BCUT2D eigenvalue weighted by Gasteiger charge is 2.23. The van der Waals surface area contributed by atoms with Crippen molar-refractivity contribution in [3.05, 3.63) is 47.8 Å². The number of hydrogen-bond acceptors (Lipinski definition) is 3. The molecule has 0 saturated carbocycles. The third-order valence-electron chi connectivity index (χ3n) is 4.07. The van der Waals surface area contributed by atoms with Crippen LogP contribution in [0.3, 0.4) is 0 Å². The van der Waals surface area contributed by atoms with Crippen LogP contribution in [-0.4, -0.2) is 23.4 Å². The zero-order valence-electron chi connectivity index (χ0n) is 12.2. The first-order valence-corrected chi connectivity index (χ1v) is 7.34. The van der Waals surface area contributed by atoms with Crippen molar-refractivity contribution in [1.29, 1.82) is 0 Å². The molecule has 1 aromatic carbocycles. The van der Waals surface area contributed by atoms with E-state index in [-0.39, 0.29) is 0 Å². The molecule has 0 fully saturated rings. The van der Waals surface area contributed by atoms with Crippen LogP contribution in [0.15, 0.2) is 36.7 Å². The number of nitrogens with one attached hydrogen (secondary N) is 1. The van der Waals surface area contributed by atoms with Crippen molar-refractivity contribution in [3.8, 4) is 0 Å². The standard InChI is InChI=1S/C16H22N4/c1-3-20-12-13(10-18-20)11-19-9-8-15(17-2)14-6-4-5-7-16(14)19/h4-7,10,12,15,17H,3,8-9,11H2,1-2H3. The lowest BCUT2D eigenvalue weighted by Gasteiger charge is -2.35. The first-order chi connectivity index (χ1) is 9.81. The van der Waals surface area contributed by atoms with Gasteiger partial charge in [-0.25, -0.2) is 0 Å². The number of aryl methyl sites for hydroxylation is 1. The Morgan fingerprint density at radius 3 is 2.95 bits per heavy atom. The average Bonchev–Trinajstić information content (AvgIpc) is 2.95. The maximum atomic E-state index is 4.36. The van der Waals surface area contributed by atoms with Crippen molar-refractivity contribution in [2.45, 2.75) is 32.5 Å². The molecule has 0 radical (unpaired) electrons. The Kier molecular flexibility index (Phi) is 3.74. The first-order valence-electron chi connectivity index (χ1n) is 7.34. The maximum Gasteiger partial charge on any atom is 0.0539 e. The molecular formula is C16H22N4. The number of hydrogen-bond donors (Lipinski definition) is 1. The third kappa shape index (κ3) is 2.43. The number of benzene rings is 1. The van der Waals surface area contributed by atoms with Gasteiger partial charge in [-0.05, 0) is 32.0 Å². The Morgan fingerprint density at radius 1 is 1.35 bits per heavy atom. The normalized spacial score (nSPS) is 18.1. The van der Waals surface area contributed by atoms with Gasteiger partial charge in [0, 0.05) is 43.1 Å². The Balaban J connectivity index is 1.84. The van der Waals surface area contributed by atoms with Crippen LogP contribution in [0, 0.1) is 0 Å². The van der Waals surface area contributed by atoms with Crippen LogP contribution >= 0.6 is 0 Å². The Bertz CT molecular complexity index is 575. The molecule has 4 heteroatoms. The van der Waals surface area contributed by atoms with Crippen LogP contribution in [0.25, 0.3) is 0 Å². The van der Waals surface area contributed by atoms with Crippen molar-refractivity contribution in [2.75, 3.05) is 18.5 Å². The molecule has 0 amide bonds. The number of nitrogens with zero attached hydrogens (tertiary/aromatic N) is 3. The molecule has 106 valence electrons. The molecule has 0 aliphatic carbocycles. The number of para-hydroxylation sites is 1. The van der Waals surface area contributed by atoms with Crippen molar-refractivity contribution in [2.24, 2.45) is 0 Å². The van der Waals surface area contributed by atoms with Crippen molar-refractivity contribution in [1.82, 2.24) is 15.1 Å². The Hall–Kier alpha value is -1.81. The summed E-state index contributed by atoms with van der Waals surface area (Å²) in [5.74, 6) is 0. The molecule has 20 heavy (non-hydrogen) atoms. The number of fused-ring (bicyclic) bond motifs is 1. The lowest BCUT2D eigenvalue weighted by molar-refractivity contribution is 0.516. The summed E-state index contributed by atoms with van der Waals surface area (Å²) in [5, 5.41) is 7.78. The van der Waals surface area contributed by atoms with Gasteiger partial charge in [0.05, 0.1) is 6.20 Å². The van der Waals surface area contributed by atoms with Gasteiger partial charge in [-0.3, -0.25) is 4.68 Å². The van der Waals surface area contributed by atoms with Gasteiger partial charge in [-0.1, -0.05) is 18.2 Å². The van der Waals surface area contributed by atoms with Crippen molar-refractivity contribution in [3.63, 3.8) is 0 Å². The summed E-state index contributed by atoms with van der Waals surface area (Å²) in [6.07, 6.45) is 5.28. The highest BCUT2D eigenvalue weighted by molar-refractivity contribution is 5.57. The van der Waals surface area contributed by atoms with Gasteiger partial charge in [-0.2, -0.15) is 5.10 Å².